The number of rotatable bonds is 5. The fourth-order valence-electron chi connectivity index (χ4n) is 3.23. The summed E-state index contributed by atoms with van der Waals surface area (Å²) in [4.78, 5) is 2.40. The van der Waals surface area contributed by atoms with Crippen LogP contribution in [-0.2, 0) is 5.60 Å². The first-order valence-electron chi connectivity index (χ1n) is 8.56. The van der Waals surface area contributed by atoms with Crippen LogP contribution in [0.4, 0.5) is 10.1 Å². The van der Waals surface area contributed by atoms with Crippen LogP contribution in [0, 0.1) is 5.82 Å². The van der Waals surface area contributed by atoms with Crippen LogP contribution in [-0.4, -0.2) is 30.8 Å². The van der Waals surface area contributed by atoms with E-state index in [2.05, 4.69) is 34.5 Å². The van der Waals surface area contributed by atoms with Gasteiger partial charge in [0, 0.05) is 31.4 Å². The van der Waals surface area contributed by atoms with E-state index in [4.69, 9.17) is 0 Å². The Morgan fingerprint density at radius 1 is 1.08 bits per heavy atom. The number of nitrogens with zero attached hydrogens (tertiary/aromatic N) is 1. The average molecular weight is 328 g/mol. The molecule has 4 heteroatoms. The molecule has 1 saturated heterocycles. The topological polar surface area (TPSA) is 35.5 Å². The Kier molecular flexibility index (Phi) is 5.17. The molecule has 1 fully saturated rings. The van der Waals surface area contributed by atoms with Crippen molar-refractivity contribution < 1.29 is 9.50 Å². The second kappa shape index (κ2) is 7.32. The van der Waals surface area contributed by atoms with E-state index >= 15 is 0 Å². The molecule has 0 amide bonds. The van der Waals surface area contributed by atoms with Crippen molar-refractivity contribution in [3.8, 4) is 0 Å². The van der Waals surface area contributed by atoms with E-state index in [1.54, 1.807) is 19.1 Å². The molecule has 0 aromatic heterocycles. The lowest BCUT2D eigenvalue weighted by Crippen LogP contribution is -2.46. The molecule has 0 aliphatic carbocycles. The lowest BCUT2D eigenvalue weighted by molar-refractivity contribution is 0.0527. The average Bonchev–Trinajstić information content (AvgIpc) is 2.62. The number of hydrogen-bond donors (Lipinski definition) is 2. The first kappa shape index (κ1) is 16.9. The molecule has 2 N–H and O–H groups in total. The summed E-state index contributed by atoms with van der Waals surface area (Å²) >= 11 is 0. The molecule has 2 aromatic rings. The highest BCUT2D eigenvalue weighted by Gasteiger charge is 2.26. The summed E-state index contributed by atoms with van der Waals surface area (Å²) in [6.45, 7) is 4.27. The Bertz CT molecular complexity index is 634. The zero-order chi connectivity index (χ0) is 17.0. The molecule has 3 nitrogen and oxygen atoms in total. The Balaban J connectivity index is 1.50. The molecule has 3 rings (SSSR count). The van der Waals surface area contributed by atoms with Gasteiger partial charge in [0.25, 0.3) is 0 Å². The highest BCUT2D eigenvalue weighted by Crippen LogP contribution is 2.22. The van der Waals surface area contributed by atoms with Gasteiger partial charge in [-0.15, -0.1) is 0 Å². The molecule has 0 radical (unpaired) electrons. The van der Waals surface area contributed by atoms with Gasteiger partial charge in [0.1, 0.15) is 5.82 Å². The predicted octanol–water partition coefficient (Wildman–Crippen LogP) is 3.29. The number of halogens is 1. The SMILES string of the molecule is CC(O)(CNC1CCN(c2ccccc2)CC1)c1ccc(F)cc1. The Morgan fingerprint density at radius 2 is 1.71 bits per heavy atom. The van der Waals surface area contributed by atoms with Gasteiger partial charge in [-0.3, -0.25) is 0 Å². The van der Waals surface area contributed by atoms with Crippen molar-refractivity contribution in [2.75, 3.05) is 24.5 Å². The molecule has 1 heterocycles. The summed E-state index contributed by atoms with van der Waals surface area (Å²) in [5.41, 5.74) is 1.01. The Hall–Kier alpha value is -1.91. The van der Waals surface area contributed by atoms with Crippen LogP contribution in [0.15, 0.2) is 54.6 Å². The van der Waals surface area contributed by atoms with Crippen molar-refractivity contribution in [3.05, 3.63) is 66.0 Å². The highest BCUT2D eigenvalue weighted by molar-refractivity contribution is 5.46. The smallest absolute Gasteiger partial charge is 0.123 e. The van der Waals surface area contributed by atoms with Gasteiger partial charge >= 0.3 is 0 Å². The third-order valence-corrected chi connectivity index (χ3v) is 4.82. The number of aliphatic hydroxyl groups is 1. The Labute approximate surface area is 143 Å². The molecule has 0 bridgehead atoms. The minimum atomic E-state index is -0.996. The lowest BCUT2D eigenvalue weighted by atomic mass is 9.95. The van der Waals surface area contributed by atoms with E-state index in [1.807, 2.05) is 6.07 Å². The third kappa shape index (κ3) is 4.13. The van der Waals surface area contributed by atoms with Crippen LogP contribution in [0.5, 0.6) is 0 Å². The zero-order valence-electron chi connectivity index (χ0n) is 14.1. The van der Waals surface area contributed by atoms with Crippen molar-refractivity contribution in [1.29, 1.82) is 0 Å². The number of anilines is 1. The first-order chi connectivity index (χ1) is 11.5. The van der Waals surface area contributed by atoms with Gasteiger partial charge in [-0.05, 0) is 49.6 Å². The van der Waals surface area contributed by atoms with E-state index < -0.39 is 5.60 Å². The molecule has 2 aromatic carbocycles. The van der Waals surface area contributed by atoms with Crippen LogP contribution in [0.1, 0.15) is 25.3 Å². The van der Waals surface area contributed by atoms with E-state index in [0.29, 0.717) is 12.6 Å². The van der Waals surface area contributed by atoms with Crippen LogP contribution < -0.4 is 10.2 Å². The summed E-state index contributed by atoms with van der Waals surface area (Å²) < 4.78 is 13.0. The standard InChI is InChI=1S/C20H25FN2O/c1-20(24,16-7-9-17(21)10-8-16)15-22-18-11-13-23(14-12-18)19-5-3-2-4-6-19/h2-10,18,22,24H,11-15H2,1H3. The summed E-state index contributed by atoms with van der Waals surface area (Å²) in [5, 5.41) is 14.1. The van der Waals surface area contributed by atoms with Gasteiger partial charge < -0.3 is 15.3 Å². The zero-order valence-corrected chi connectivity index (χ0v) is 14.1. The maximum Gasteiger partial charge on any atom is 0.123 e. The summed E-state index contributed by atoms with van der Waals surface area (Å²) in [6, 6.07) is 16.9. The van der Waals surface area contributed by atoms with Crippen LogP contribution in [0.25, 0.3) is 0 Å². The van der Waals surface area contributed by atoms with Gasteiger partial charge in [0.15, 0.2) is 0 Å². The van der Waals surface area contributed by atoms with Gasteiger partial charge in [-0.25, -0.2) is 4.39 Å². The van der Waals surface area contributed by atoms with Crippen molar-refractivity contribution in [1.82, 2.24) is 5.32 Å². The fraction of sp³-hybridized carbons (Fsp3) is 0.400. The fourth-order valence-corrected chi connectivity index (χ4v) is 3.23. The number of hydrogen-bond acceptors (Lipinski definition) is 3. The van der Waals surface area contributed by atoms with Crippen LogP contribution >= 0.6 is 0 Å². The number of piperidine rings is 1. The van der Waals surface area contributed by atoms with Gasteiger partial charge in [0.05, 0.1) is 5.60 Å². The maximum absolute atomic E-state index is 13.0. The van der Waals surface area contributed by atoms with Gasteiger partial charge in [-0.1, -0.05) is 30.3 Å². The molecule has 0 spiro atoms. The molecule has 0 saturated carbocycles. The van der Waals surface area contributed by atoms with Crippen LogP contribution in [0.3, 0.4) is 0 Å². The van der Waals surface area contributed by atoms with Gasteiger partial charge in [0.2, 0.25) is 0 Å². The molecule has 1 unspecified atom stereocenters. The molecule has 1 aliphatic heterocycles. The second-order valence-corrected chi connectivity index (χ2v) is 6.76. The summed E-state index contributed by atoms with van der Waals surface area (Å²) in [7, 11) is 0. The summed E-state index contributed by atoms with van der Waals surface area (Å²) in [5.74, 6) is -0.282. The van der Waals surface area contributed by atoms with Crippen molar-refractivity contribution >= 4 is 5.69 Å². The second-order valence-electron chi connectivity index (χ2n) is 6.76. The monoisotopic (exact) mass is 328 g/mol. The van der Waals surface area contributed by atoms with Crippen molar-refractivity contribution in [2.24, 2.45) is 0 Å². The van der Waals surface area contributed by atoms with Crippen molar-refractivity contribution in [3.63, 3.8) is 0 Å². The quantitative estimate of drug-likeness (QED) is 0.884. The van der Waals surface area contributed by atoms with E-state index in [1.165, 1.54) is 17.8 Å². The molecule has 1 aliphatic rings. The molecule has 1 atom stereocenters. The summed E-state index contributed by atoms with van der Waals surface area (Å²) in [6.07, 6.45) is 2.10. The third-order valence-electron chi connectivity index (χ3n) is 4.82. The lowest BCUT2D eigenvalue weighted by Gasteiger charge is -2.35. The number of para-hydroxylation sites is 1. The van der Waals surface area contributed by atoms with E-state index in [0.717, 1.165) is 31.5 Å². The van der Waals surface area contributed by atoms with E-state index in [-0.39, 0.29) is 5.82 Å². The van der Waals surface area contributed by atoms with Crippen molar-refractivity contribution in [2.45, 2.75) is 31.4 Å². The largest absolute Gasteiger partial charge is 0.384 e. The first-order valence-corrected chi connectivity index (χ1v) is 8.56. The minimum absolute atomic E-state index is 0.282. The minimum Gasteiger partial charge on any atom is -0.384 e. The highest BCUT2D eigenvalue weighted by atomic mass is 19.1. The maximum atomic E-state index is 13.0. The molecular formula is C20H25FN2O. The molecule has 24 heavy (non-hydrogen) atoms. The predicted molar refractivity (Wildman–Crippen MR) is 95.7 cm³/mol. The van der Waals surface area contributed by atoms with Gasteiger partial charge in [-0.2, -0.15) is 0 Å². The molecule has 128 valence electrons. The van der Waals surface area contributed by atoms with Crippen LogP contribution in [0.2, 0.25) is 0 Å². The normalized spacial score (nSPS) is 18.4. The Morgan fingerprint density at radius 3 is 2.33 bits per heavy atom. The number of nitrogens with one attached hydrogen (secondary N) is 1. The van der Waals surface area contributed by atoms with E-state index in [9.17, 15) is 9.50 Å². The number of benzene rings is 2. The molecular weight excluding hydrogens is 303 g/mol.